The van der Waals surface area contributed by atoms with Gasteiger partial charge in [-0.05, 0) is 24.6 Å². The molecule has 2 aromatic rings. The lowest BCUT2D eigenvalue weighted by molar-refractivity contribution is 0.0600. The van der Waals surface area contributed by atoms with Crippen molar-refractivity contribution in [1.29, 1.82) is 0 Å². The number of hydrogen-bond donors (Lipinski definition) is 0. The van der Waals surface area contributed by atoms with Crippen LogP contribution in [-0.2, 0) is 4.74 Å². The topological polar surface area (TPSA) is 57.0 Å². The van der Waals surface area contributed by atoms with Crippen molar-refractivity contribution in [2.24, 2.45) is 0 Å². The normalized spacial score (nSPS) is 10.1. The van der Waals surface area contributed by atoms with Gasteiger partial charge in [0.05, 0.1) is 18.9 Å². The molecular weight excluding hydrogens is 206 g/mol. The average Bonchev–Trinajstić information content (AvgIpc) is 2.75. The second-order valence-corrected chi connectivity index (χ2v) is 3.36. The van der Waals surface area contributed by atoms with Crippen LogP contribution in [0, 0.1) is 6.92 Å². The van der Waals surface area contributed by atoms with E-state index in [0.29, 0.717) is 11.4 Å². The molecule has 82 valence electrons. The van der Waals surface area contributed by atoms with E-state index in [0.717, 1.165) is 5.56 Å². The van der Waals surface area contributed by atoms with E-state index < -0.39 is 0 Å². The van der Waals surface area contributed by atoms with Gasteiger partial charge < -0.3 is 4.74 Å². The third-order valence-electron chi connectivity index (χ3n) is 2.11. The van der Waals surface area contributed by atoms with Crippen molar-refractivity contribution in [2.75, 3.05) is 7.11 Å². The van der Waals surface area contributed by atoms with Crippen molar-refractivity contribution in [1.82, 2.24) is 14.8 Å². The molecule has 0 atom stereocenters. The minimum absolute atomic E-state index is 0.382. The van der Waals surface area contributed by atoms with Crippen molar-refractivity contribution in [2.45, 2.75) is 6.92 Å². The molecular formula is C11H11N3O2. The summed E-state index contributed by atoms with van der Waals surface area (Å²) in [7, 11) is 1.35. The maximum absolute atomic E-state index is 11.3. The summed E-state index contributed by atoms with van der Waals surface area (Å²) < 4.78 is 6.25. The highest BCUT2D eigenvalue weighted by molar-refractivity contribution is 5.89. The van der Waals surface area contributed by atoms with Crippen LogP contribution in [0.5, 0.6) is 0 Å². The van der Waals surface area contributed by atoms with Crippen molar-refractivity contribution in [3.63, 3.8) is 0 Å². The molecule has 2 heterocycles. The highest BCUT2D eigenvalue weighted by Crippen LogP contribution is 2.08. The van der Waals surface area contributed by atoms with Gasteiger partial charge in [-0.1, -0.05) is 0 Å². The quantitative estimate of drug-likeness (QED) is 0.713. The van der Waals surface area contributed by atoms with E-state index in [2.05, 4.69) is 14.8 Å². The fourth-order valence-electron chi connectivity index (χ4n) is 1.33. The summed E-state index contributed by atoms with van der Waals surface area (Å²) in [6.45, 7) is 1.94. The summed E-state index contributed by atoms with van der Waals surface area (Å²) in [5.74, 6) is 0.212. The lowest BCUT2D eigenvalue weighted by Gasteiger charge is -2.02. The first-order chi connectivity index (χ1) is 7.70. The molecule has 0 amide bonds. The van der Waals surface area contributed by atoms with Gasteiger partial charge >= 0.3 is 5.97 Å². The van der Waals surface area contributed by atoms with E-state index in [-0.39, 0.29) is 5.97 Å². The van der Waals surface area contributed by atoms with Gasteiger partial charge in [-0.3, -0.25) is 0 Å². The van der Waals surface area contributed by atoms with Crippen molar-refractivity contribution >= 4 is 5.97 Å². The van der Waals surface area contributed by atoms with Gasteiger partial charge in [0.15, 0.2) is 5.82 Å². The molecule has 0 saturated carbocycles. The number of methoxy groups -OCH3 is 1. The van der Waals surface area contributed by atoms with E-state index in [1.54, 1.807) is 29.2 Å². The van der Waals surface area contributed by atoms with Crippen molar-refractivity contribution in [3.05, 3.63) is 41.9 Å². The van der Waals surface area contributed by atoms with Gasteiger partial charge in [0.1, 0.15) is 0 Å². The number of nitrogens with zero attached hydrogens (tertiary/aromatic N) is 3. The molecule has 0 unspecified atom stereocenters. The van der Waals surface area contributed by atoms with Crippen LogP contribution in [0.2, 0.25) is 0 Å². The first-order valence-electron chi connectivity index (χ1n) is 4.77. The fraction of sp³-hybridized carbons (Fsp3) is 0.182. The van der Waals surface area contributed by atoms with Gasteiger partial charge in [0, 0.05) is 12.4 Å². The number of carbonyl (C=O) groups is 1. The Bertz CT molecular complexity index is 519. The van der Waals surface area contributed by atoms with E-state index in [1.165, 1.54) is 7.11 Å². The summed E-state index contributed by atoms with van der Waals surface area (Å²) in [4.78, 5) is 15.5. The number of pyridine rings is 1. The Hall–Kier alpha value is -2.17. The molecule has 2 aromatic heterocycles. The van der Waals surface area contributed by atoms with Gasteiger partial charge in [-0.15, -0.1) is 0 Å². The molecule has 5 nitrogen and oxygen atoms in total. The van der Waals surface area contributed by atoms with E-state index >= 15 is 0 Å². The molecule has 16 heavy (non-hydrogen) atoms. The number of hydrogen-bond acceptors (Lipinski definition) is 4. The lowest BCUT2D eigenvalue weighted by Crippen LogP contribution is -2.04. The number of esters is 1. The van der Waals surface area contributed by atoms with Crippen LogP contribution >= 0.6 is 0 Å². The third kappa shape index (κ3) is 1.93. The molecule has 0 spiro atoms. The second kappa shape index (κ2) is 4.14. The summed E-state index contributed by atoms with van der Waals surface area (Å²) >= 11 is 0. The Balaban J connectivity index is 2.39. The molecule has 0 fully saturated rings. The number of rotatable bonds is 2. The monoisotopic (exact) mass is 217 g/mol. The number of aromatic nitrogens is 3. The predicted molar refractivity (Wildman–Crippen MR) is 57.4 cm³/mol. The summed E-state index contributed by atoms with van der Waals surface area (Å²) in [6, 6.07) is 3.24. The van der Waals surface area contributed by atoms with Crippen LogP contribution in [0.25, 0.3) is 5.82 Å². The third-order valence-corrected chi connectivity index (χ3v) is 2.11. The number of aryl methyl sites for hydroxylation is 1. The molecule has 2 rings (SSSR count). The Labute approximate surface area is 92.7 Å². The first-order valence-corrected chi connectivity index (χ1v) is 4.77. The van der Waals surface area contributed by atoms with Crippen LogP contribution < -0.4 is 0 Å². The highest BCUT2D eigenvalue weighted by atomic mass is 16.5. The minimum Gasteiger partial charge on any atom is -0.465 e. The number of carbonyl (C=O) groups excluding carboxylic acids is 1. The SMILES string of the molecule is COC(=O)c1ccnc(-n2cc(C)cn2)c1. The van der Waals surface area contributed by atoms with Gasteiger partial charge in [0.2, 0.25) is 0 Å². The molecule has 0 radical (unpaired) electrons. The van der Waals surface area contributed by atoms with E-state index in [4.69, 9.17) is 0 Å². The van der Waals surface area contributed by atoms with Gasteiger partial charge in [0.25, 0.3) is 0 Å². The van der Waals surface area contributed by atoms with Crippen LogP contribution in [0.4, 0.5) is 0 Å². The smallest absolute Gasteiger partial charge is 0.338 e. The van der Waals surface area contributed by atoms with E-state index in [1.807, 2.05) is 13.1 Å². The highest BCUT2D eigenvalue weighted by Gasteiger charge is 2.07. The predicted octanol–water partition coefficient (Wildman–Crippen LogP) is 1.36. The zero-order chi connectivity index (χ0) is 11.5. The zero-order valence-corrected chi connectivity index (χ0v) is 9.04. The largest absolute Gasteiger partial charge is 0.465 e. The molecule has 0 aliphatic rings. The van der Waals surface area contributed by atoms with Crippen LogP contribution in [0.1, 0.15) is 15.9 Å². The summed E-state index contributed by atoms with van der Waals surface area (Å²) in [6.07, 6.45) is 5.12. The maximum Gasteiger partial charge on any atom is 0.338 e. The Morgan fingerprint density at radius 3 is 2.94 bits per heavy atom. The summed E-state index contributed by atoms with van der Waals surface area (Å²) in [5.41, 5.74) is 1.49. The maximum atomic E-state index is 11.3. The molecule has 0 aromatic carbocycles. The minimum atomic E-state index is -0.382. The fourth-order valence-corrected chi connectivity index (χ4v) is 1.33. The Kier molecular flexibility index (Phi) is 2.68. The zero-order valence-electron chi connectivity index (χ0n) is 9.04. The Morgan fingerprint density at radius 2 is 2.31 bits per heavy atom. The first kappa shape index (κ1) is 10.4. The molecule has 0 saturated heterocycles. The van der Waals surface area contributed by atoms with Crippen molar-refractivity contribution in [3.8, 4) is 5.82 Å². The average molecular weight is 217 g/mol. The van der Waals surface area contributed by atoms with Gasteiger partial charge in [-0.2, -0.15) is 5.10 Å². The van der Waals surface area contributed by atoms with Crippen molar-refractivity contribution < 1.29 is 9.53 Å². The van der Waals surface area contributed by atoms with E-state index in [9.17, 15) is 4.79 Å². The second-order valence-electron chi connectivity index (χ2n) is 3.36. The standard InChI is InChI=1S/C11H11N3O2/c1-8-6-13-14(7-8)10-5-9(3-4-12-10)11(15)16-2/h3-7H,1-2H3. The summed E-state index contributed by atoms with van der Waals surface area (Å²) in [5, 5.41) is 4.11. The Morgan fingerprint density at radius 1 is 1.50 bits per heavy atom. The molecule has 0 aliphatic heterocycles. The van der Waals surface area contributed by atoms with Gasteiger partial charge in [-0.25, -0.2) is 14.5 Å². The molecule has 0 N–H and O–H groups in total. The molecule has 0 bridgehead atoms. The van der Waals surface area contributed by atoms with Crippen LogP contribution in [0.3, 0.4) is 0 Å². The molecule has 0 aliphatic carbocycles. The molecule has 5 heteroatoms. The lowest BCUT2D eigenvalue weighted by atomic mass is 10.2. The van der Waals surface area contributed by atoms with Crippen LogP contribution in [-0.4, -0.2) is 27.8 Å². The number of ether oxygens (including phenoxy) is 1. The van der Waals surface area contributed by atoms with Crippen LogP contribution in [0.15, 0.2) is 30.7 Å².